The molecule has 22 heavy (non-hydrogen) atoms. The van der Waals surface area contributed by atoms with Crippen molar-refractivity contribution in [2.24, 2.45) is 10.7 Å². The van der Waals surface area contributed by atoms with Crippen LogP contribution in [-0.2, 0) is 22.4 Å². The molecule has 0 radical (unpaired) electrons. The third-order valence-corrected chi connectivity index (χ3v) is 3.79. The number of rotatable bonds is 6. The topological polar surface area (TPSA) is 76.7 Å². The fourth-order valence-electron chi connectivity index (χ4n) is 2.73. The van der Waals surface area contributed by atoms with Crippen LogP contribution in [0.1, 0.15) is 43.7 Å². The van der Waals surface area contributed by atoms with E-state index in [0.717, 1.165) is 18.5 Å². The molecule has 0 fully saturated rings. The Morgan fingerprint density at radius 3 is 3.00 bits per heavy atom. The van der Waals surface area contributed by atoms with Gasteiger partial charge in [-0.25, -0.2) is 0 Å². The Kier molecular flexibility index (Phi) is 6.25. The highest BCUT2D eigenvalue weighted by molar-refractivity contribution is 5.93. The van der Waals surface area contributed by atoms with Crippen LogP contribution in [0, 0.1) is 0 Å². The van der Waals surface area contributed by atoms with Crippen LogP contribution in [0.3, 0.4) is 0 Å². The summed E-state index contributed by atoms with van der Waals surface area (Å²) < 4.78 is 4.87. The summed E-state index contributed by atoms with van der Waals surface area (Å²) in [5, 5.41) is 3.19. The van der Waals surface area contributed by atoms with Crippen molar-refractivity contribution in [3.63, 3.8) is 0 Å². The van der Waals surface area contributed by atoms with Crippen molar-refractivity contribution < 1.29 is 9.53 Å². The Labute approximate surface area is 132 Å². The monoisotopic (exact) mass is 303 g/mol. The first-order valence-corrected chi connectivity index (χ1v) is 8.04. The maximum atomic E-state index is 11.2. The van der Waals surface area contributed by atoms with E-state index in [1.165, 1.54) is 24.0 Å². The molecular weight excluding hydrogens is 278 g/mol. The highest BCUT2D eigenvalue weighted by atomic mass is 16.5. The number of nitrogens with two attached hydrogens (primary N) is 1. The predicted molar refractivity (Wildman–Crippen MR) is 89.1 cm³/mol. The molecule has 0 heterocycles. The number of ether oxygens (including phenoxy) is 1. The molecule has 0 bridgehead atoms. The van der Waals surface area contributed by atoms with Crippen LogP contribution in [-0.4, -0.2) is 25.1 Å². The Morgan fingerprint density at radius 1 is 1.36 bits per heavy atom. The number of aryl methyl sites for hydroxylation is 1. The summed E-state index contributed by atoms with van der Waals surface area (Å²) in [5.74, 6) is 0.226. The number of anilines is 1. The van der Waals surface area contributed by atoms with Crippen molar-refractivity contribution in [1.82, 2.24) is 0 Å². The molecule has 0 aromatic heterocycles. The lowest BCUT2D eigenvalue weighted by molar-refractivity contribution is -0.143. The van der Waals surface area contributed by atoms with Gasteiger partial charge in [-0.3, -0.25) is 9.79 Å². The first kappa shape index (κ1) is 16.3. The molecule has 1 aromatic rings. The Balaban J connectivity index is 1.85. The smallest absolute Gasteiger partial charge is 0.305 e. The number of aliphatic imine (C=N–C) groups is 1. The molecule has 0 unspecified atom stereocenters. The number of nitrogens with one attached hydrogen (secondary N) is 1. The predicted octanol–water partition coefficient (Wildman–Crippen LogP) is 2.64. The molecule has 0 saturated carbocycles. The summed E-state index contributed by atoms with van der Waals surface area (Å²) in [6.45, 7) is 2.75. The van der Waals surface area contributed by atoms with Gasteiger partial charge in [0.25, 0.3) is 0 Å². The fraction of sp³-hybridized carbons (Fsp3) is 0.529. The molecule has 1 aliphatic rings. The van der Waals surface area contributed by atoms with Crippen molar-refractivity contribution in [3.8, 4) is 0 Å². The van der Waals surface area contributed by atoms with Gasteiger partial charge in [-0.05, 0) is 56.2 Å². The highest BCUT2D eigenvalue weighted by Gasteiger charge is 2.13. The minimum atomic E-state index is -0.179. The summed E-state index contributed by atoms with van der Waals surface area (Å²) in [5.41, 5.74) is 9.76. The number of hydrogen-bond donors (Lipinski definition) is 2. The average Bonchev–Trinajstić information content (AvgIpc) is 2.52. The SMILES string of the molecule is CCOC(=O)CCCN=C(N)Nc1cccc2c1CCCC2. The lowest BCUT2D eigenvalue weighted by Crippen LogP contribution is -2.24. The van der Waals surface area contributed by atoms with Gasteiger partial charge in [0.2, 0.25) is 0 Å². The van der Waals surface area contributed by atoms with Crippen LogP contribution in [0.2, 0.25) is 0 Å². The number of carbonyl (C=O) groups is 1. The standard InChI is InChI=1S/C17H25N3O2/c1-2-22-16(21)11-6-12-19-17(18)20-15-10-5-8-13-7-3-4-9-14(13)15/h5,8,10H,2-4,6-7,9,11-12H2,1H3,(H3,18,19,20). The summed E-state index contributed by atoms with van der Waals surface area (Å²) in [4.78, 5) is 15.5. The van der Waals surface area contributed by atoms with Crippen LogP contribution in [0.15, 0.2) is 23.2 Å². The maximum absolute atomic E-state index is 11.2. The van der Waals surface area contributed by atoms with Crippen molar-refractivity contribution in [1.29, 1.82) is 0 Å². The molecule has 0 amide bonds. The number of guanidine groups is 1. The summed E-state index contributed by atoms with van der Waals surface area (Å²) in [6, 6.07) is 6.29. The van der Waals surface area contributed by atoms with E-state index >= 15 is 0 Å². The van der Waals surface area contributed by atoms with Gasteiger partial charge in [-0.15, -0.1) is 0 Å². The lowest BCUT2D eigenvalue weighted by atomic mass is 9.90. The maximum Gasteiger partial charge on any atom is 0.305 e. The Hall–Kier alpha value is -2.04. The second-order valence-corrected chi connectivity index (χ2v) is 5.45. The van der Waals surface area contributed by atoms with Gasteiger partial charge in [0.1, 0.15) is 0 Å². The summed E-state index contributed by atoms with van der Waals surface area (Å²) in [7, 11) is 0. The van der Waals surface area contributed by atoms with Gasteiger partial charge in [-0.1, -0.05) is 12.1 Å². The minimum absolute atomic E-state index is 0.179. The number of hydrogen-bond acceptors (Lipinski definition) is 3. The van der Waals surface area contributed by atoms with E-state index in [4.69, 9.17) is 10.5 Å². The molecule has 5 nitrogen and oxygen atoms in total. The zero-order valence-electron chi connectivity index (χ0n) is 13.2. The van der Waals surface area contributed by atoms with E-state index < -0.39 is 0 Å². The fourth-order valence-corrected chi connectivity index (χ4v) is 2.73. The van der Waals surface area contributed by atoms with E-state index in [1.807, 2.05) is 6.07 Å². The Morgan fingerprint density at radius 2 is 2.18 bits per heavy atom. The van der Waals surface area contributed by atoms with Gasteiger partial charge in [-0.2, -0.15) is 0 Å². The quantitative estimate of drug-likeness (QED) is 0.366. The minimum Gasteiger partial charge on any atom is -0.466 e. The number of benzene rings is 1. The number of fused-ring (bicyclic) bond motifs is 1. The molecular formula is C17H25N3O2. The van der Waals surface area contributed by atoms with E-state index in [1.54, 1.807) is 6.92 Å². The highest BCUT2D eigenvalue weighted by Crippen LogP contribution is 2.27. The zero-order chi connectivity index (χ0) is 15.8. The van der Waals surface area contributed by atoms with E-state index in [-0.39, 0.29) is 5.97 Å². The van der Waals surface area contributed by atoms with E-state index in [0.29, 0.717) is 32.0 Å². The Bertz CT molecular complexity index is 541. The van der Waals surface area contributed by atoms with Crippen molar-refractivity contribution in [2.75, 3.05) is 18.5 Å². The first-order valence-electron chi connectivity index (χ1n) is 8.04. The first-order chi connectivity index (χ1) is 10.7. The van der Waals surface area contributed by atoms with Crippen molar-refractivity contribution >= 4 is 17.6 Å². The van der Waals surface area contributed by atoms with E-state index in [2.05, 4.69) is 22.4 Å². The van der Waals surface area contributed by atoms with Crippen LogP contribution in [0.25, 0.3) is 0 Å². The summed E-state index contributed by atoms with van der Waals surface area (Å²) in [6.07, 6.45) is 5.74. The molecule has 0 atom stereocenters. The molecule has 2 rings (SSSR count). The molecule has 0 aliphatic heterocycles. The molecule has 5 heteroatoms. The normalized spacial score (nSPS) is 14.3. The van der Waals surface area contributed by atoms with Gasteiger partial charge in [0.15, 0.2) is 5.96 Å². The molecule has 1 aliphatic carbocycles. The van der Waals surface area contributed by atoms with Gasteiger partial charge in [0.05, 0.1) is 6.61 Å². The second-order valence-electron chi connectivity index (χ2n) is 5.45. The van der Waals surface area contributed by atoms with Crippen LogP contribution < -0.4 is 11.1 Å². The molecule has 1 aromatic carbocycles. The molecule has 120 valence electrons. The van der Waals surface area contributed by atoms with E-state index in [9.17, 15) is 4.79 Å². The third-order valence-electron chi connectivity index (χ3n) is 3.79. The van der Waals surface area contributed by atoms with Gasteiger partial charge in [0, 0.05) is 18.7 Å². The van der Waals surface area contributed by atoms with Crippen LogP contribution in [0.4, 0.5) is 5.69 Å². The second kappa shape index (κ2) is 8.41. The lowest BCUT2D eigenvalue weighted by Gasteiger charge is -2.19. The molecule has 0 saturated heterocycles. The molecule has 3 N–H and O–H groups in total. The van der Waals surface area contributed by atoms with Crippen LogP contribution >= 0.6 is 0 Å². The number of carbonyl (C=O) groups excluding carboxylic acids is 1. The van der Waals surface area contributed by atoms with Crippen molar-refractivity contribution in [2.45, 2.75) is 45.4 Å². The van der Waals surface area contributed by atoms with Gasteiger partial charge >= 0.3 is 5.97 Å². The molecule has 0 spiro atoms. The third kappa shape index (κ3) is 4.76. The average molecular weight is 303 g/mol. The van der Waals surface area contributed by atoms with Crippen LogP contribution in [0.5, 0.6) is 0 Å². The number of nitrogens with zero attached hydrogens (tertiary/aromatic N) is 1. The van der Waals surface area contributed by atoms with Gasteiger partial charge < -0.3 is 15.8 Å². The summed E-state index contributed by atoms with van der Waals surface area (Å²) >= 11 is 0. The van der Waals surface area contributed by atoms with Crippen molar-refractivity contribution in [3.05, 3.63) is 29.3 Å². The zero-order valence-corrected chi connectivity index (χ0v) is 13.2. The number of esters is 1. The largest absolute Gasteiger partial charge is 0.466 e.